The van der Waals surface area contributed by atoms with Crippen LogP contribution in [0, 0.1) is 30.6 Å². The van der Waals surface area contributed by atoms with Crippen LogP contribution in [0.1, 0.15) is 22.8 Å². The molecule has 10 atom stereocenters. The number of allylic oxidation sites excluding steroid dienone is 1. The fourth-order valence-corrected chi connectivity index (χ4v) is 6.50. The van der Waals surface area contributed by atoms with Crippen molar-refractivity contribution >= 4 is 22.9 Å². The largest absolute Gasteiger partial charge is 0.508 e. The molecule has 0 radical (unpaired) electrons. The molecule has 4 N–H and O–H groups in total. The Morgan fingerprint density at radius 1 is 1.17 bits per heavy atom. The summed E-state index contributed by atoms with van der Waals surface area (Å²) >= 11 is 0. The van der Waals surface area contributed by atoms with Gasteiger partial charge in [0.2, 0.25) is 5.60 Å². The summed E-state index contributed by atoms with van der Waals surface area (Å²) in [5.74, 6) is 11.4. The number of aliphatic hydroxyl groups excluding tert-OH is 2. The highest BCUT2D eigenvalue weighted by atomic mass is 16.8. The predicted octanol–water partition coefficient (Wildman–Crippen LogP) is 1.39. The molecule has 0 spiro atoms. The fourth-order valence-electron chi connectivity index (χ4n) is 6.50. The molecule has 13 nitrogen and oxygen atoms in total. The first-order chi connectivity index (χ1) is 23.0. The number of likely N-dealkylation sites (N-methyl/N-ethyl adjacent to an activating group) is 1. The molecule has 2 aliphatic carbocycles. The number of carbonyl (C=O) groups excluding carboxylic acids is 2. The number of hydrogen-bond donors (Lipinski definition) is 4. The van der Waals surface area contributed by atoms with Crippen molar-refractivity contribution in [1.29, 1.82) is 0 Å². The van der Waals surface area contributed by atoms with Crippen LogP contribution in [0.25, 0.3) is 10.8 Å². The van der Waals surface area contributed by atoms with Crippen molar-refractivity contribution in [2.24, 2.45) is 0 Å². The van der Waals surface area contributed by atoms with E-state index >= 15 is 0 Å². The van der Waals surface area contributed by atoms with Crippen molar-refractivity contribution in [1.82, 2.24) is 5.32 Å². The average Bonchev–Trinajstić information content (AvgIpc) is 3.39. The molecule has 5 aliphatic rings. The minimum atomic E-state index is -1.24. The van der Waals surface area contributed by atoms with Gasteiger partial charge in [-0.25, -0.2) is 9.59 Å². The number of phenolic OH excluding ortho intramolecular Hbond substituents is 1. The Morgan fingerprint density at radius 2 is 1.98 bits per heavy atom. The first-order valence-electron chi connectivity index (χ1n) is 15.4. The molecule has 2 aromatic carbocycles. The van der Waals surface area contributed by atoms with E-state index in [0.717, 1.165) is 10.9 Å². The van der Waals surface area contributed by atoms with E-state index in [-0.39, 0.29) is 17.9 Å². The molecule has 0 saturated carbocycles. The van der Waals surface area contributed by atoms with Crippen LogP contribution in [0.4, 0.5) is 4.79 Å². The monoisotopic (exact) mass is 659 g/mol. The van der Waals surface area contributed by atoms with E-state index in [0.29, 0.717) is 22.3 Å². The second-order valence-corrected chi connectivity index (χ2v) is 12.1. The van der Waals surface area contributed by atoms with Gasteiger partial charge in [0.15, 0.2) is 24.6 Å². The van der Waals surface area contributed by atoms with Crippen LogP contribution < -0.4 is 10.1 Å². The molecule has 0 amide bonds. The van der Waals surface area contributed by atoms with E-state index in [2.05, 4.69) is 29.0 Å². The number of ether oxygens (including phenoxy) is 7. The summed E-state index contributed by atoms with van der Waals surface area (Å²) in [6, 6.07) is 5.74. The van der Waals surface area contributed by atoms with Gasteiger partial charge in [-0.1, -0.05) is 29.7 Å². The van der Waals surface area contributed by atoms with E-state index in [1.807, 2.05) is 13.0 Å². The molecule has 2 unspecified atom stereocenters. The Labute approximate surface area is 275 Å². The summed E-state index contributed by atoms with van der Waals surface area (Å²) in [7, 11) is 3.10. The Kier molecular flexibility index (Phi) is 8.08. The highest BCUT2D eigenvalue weighted by Gasteiger charge is 2.65. The number of aryl methyl sites for hydroxylation is 1. The molecule has 3 heterocycles. The first kappa shape index (κ1) is 32.0. The van der Waals surface area contributed by atoms with E-state index < -0.39 is 72.8 Å². The second-order valence-electron chi connectivity index (χ2n) is 12.1. The zero-order chi connectivity index (χ0) is 33.9. The van der Waals surface area contributed by atoms with Gasteiger partial charge in [0.1, 0.15) is 42.0 Å². The minimum Gasteiger partial charge on any atom is -0.507 e. The lowest BCUT2D eigenvalue weighted by molar-refractivity contribution is -0.273. The van der Waals surface area contributed by atoms with E-state index in [4.69, 9.17) is 33.2 Å². The van der Waals surface area contributed by atoms with Crippen LogP contribution in [-0.2, 0) is 28.4 Å². The van der Waals surface area contributed by atoms with E-state index in [1.165, 1.54) is 13.2 Å². The molecule has 250 valence electrons. The molecule has 13 heteroatoms. The maximum atomic E-state index is 14.0. The SMILES string of the molecule is CN[C@H]1C(O)[C@@H](O)C(C)O[C@@H]1O[C@@H]1/C2=C/C#C[C@H]3O[C@@]3([C@H]3COC(=O)O3)C#CC2=C[C@H]1OC(=O)c1c(O)ccc2c(C)cc(OC)cc12. The van der Waals surface area contributed by atoms with Crippen LogP contribution in [0.5, 0.6) is 11.5 Å². The van der Waals surface area contributed by atoms with Gasteiger partial charge in [-0.3, -0.25) is 0 Å². The molecule has 3 aliphatic heterocycles. The van der Waals surface area contributed by atoms with Gasteiger partial charge >= 0.3 is 12.1 Å². The maximum Gasteiger partial charge on any atom is 0.508 e. The Balaban J connectivity index is 1.27. The second kappa shape index (κ2) is 12.1. The topological polar surface area (TPSA) is 175 Å². The van der Waals surface area contributed by atoms with Crippen molar-refractivity contribution in [3.05, 3.63) is 58.7 Å². The van der Waals surface area contributed by atoms with Gasteiger partial charge < -0.3 is 53.8 Å². The number of fused-ring (bicyclic) bond motifs is 3. The number of benzene rings is 2. The number of cyclic esters (lactones) is 2. The smallest absolute Gasteiger partial charge is 0.507 e. The number of aromatic hydroxyl groups is 1. The van der Waals surface area contributed by atoms with Gasteiger partial charge in [-0.05, 0) is 62.2 Å². The number of hydrogen-bond acceptors (Lipinski definition) is 13. The highest BCUT2D eigenvalue weighted by Crippen LogP contribution is 2.44. The fraction of sp³-hybridized carbons (Fsp3) is 0.429. The Hall–Kier alpha value is -4.60. The lowest BCUT2D eigenvalue weighted by Crippen LogP contribution is -2.62. The van der Waals surface area contributed by atoms with Gasteiger partial charge in [0.05, 0.1) is 19.3 Å². The highest BCUT2D eigenvalue weighted by molar-refractivity contribution is 6.08. The normalized spacial score (nSPS) is 35.7. The van der Waals surface area contributed by atoms with Crippen LogP contribution in [-0.4, -0.2) is 109 Å². The van der Waals surface area contributed by atoms with Gasteiger partial charge in [-0.2, -0.15) is 0 Å². The van der Waals surface area contributed by atoms with Crippen LogP contribution in [0.15, 0.2) is 47.6 Å². The van der Waals surface area contributed by atoms with E-state index in [1.54, 1.807) is 38.3 Å². The van der Waals surface area contributed by atoms with Gasteiger partial charge in [0.25, 0.3) is 0 Å². The quantitative estimate of drug-likeness (QED) is 0.191. The number of epoxide rings is 1. The average molecular weight is 660 g/mol. The third-order valence-corrected chi connectivity index (χ3v) is 9.23. The molecule has 0 aromatic heterocycles. The van der Waals surface area contributed by atoms with Crippen LogP contribution in [0.3, 0.4) is 0 Å². The zero-order valence-electron chi connectivity index (χ0n) is 26.4. The van der Waals surface area contributed by atoms with E-state index in [9.17, 15) is 24.9 Å². The van der Waals surface area contributed by atoms with Crippen molar-refractivity contribution in [2.75, 3.05) is 20.8 Å². The summed E-state index contributed by atoms with van der Waals surface area (Å²) in [6.45, 7) is 3.42. The van der Waals surface area contributed by atoms with Crippen molar-refractivity contribution in [3.8, 4) is 35.2 Å². The number of esters is 1. The van der Waals surface area contributed by atoms with Crippen molar-refractivity contribution in [3.63, 3.8) is 0 Å². The summed E-state index contributed by atoms with van der Waals surface area (Å²) in [6.07, 6.45) is -5.56. The summed E-state index contributed by atoms with van der Waals surface area (Å²) in [5.41, 5.74) is 0.400. The Bertz CT molecular complexity index is 1880. The predicted molar refractivity (Wildman–Crippen MR) is 166 cm³/mol. The lowest BCUT2D eigenvalue weighted by Gasteiger charge is -2.42. The minimum absolute atomic E-state index is 0.0490. The molecule has 3 saturated heterocycles. The molecule has 48 heavy (non-hydrogen) atoms. The van der Waals surface area contributed by atoms with Gasteiger partial charge in [-0.15, -0.1) is 0 Å². The lowest BCUT2D eigenvalue weighted by atomic mass is 9.97. The first-order valence-corrected chi connectivity index (χ1v) is 15.4. The number of phenols is 1. The molecule has 2 aromatic rings. The van der Waals surface area contributed by atoms with Crippen molar-refractivity contribution in [2.45, 2.75) is 74.5 Å². The summed E-state index contributed by atoms with van der Waals surface area (Å²) < 4.78 is 40.0. The summed E-state index contributed by atoms with van der Waals surface area (Å²) in [4.78, 5) is 25.7. The van der Waals surface area contributed by atoms with Crippen LogP contribution >= 0.6 is 0 Å². The number of methoxy groups -OCH3 is 1. The van der Waals surface area contributed by atoms with Crippen molar-refractivity contribution < 1.29 is 58.1 Å². The van der Waals surface area contributed by atoms with Crippen LogP contribution in [0.2, 0.25) is 0 Å². The van der Waals surface area contributed by atoms with Gasteiger partial charge in [0, 0.05) is 16.5 Å². The molecular weight excluding hydrogens is 626 g/mol. The summed E-state index contributed by atoms with van der Waals surface area (Å²) in [5, 5.41) is 36.3. The molecule has 7 rings (SSSR count). The molecular formula is C35H33NO12. The zero-order valence-corrected chi connectivity index (χ0v) is 26.4. The number of rotatable bonds is 7. The molecule has 0 bridgehead atoms. The standard InChI is InChI=1S/C35H33NO12/c1-16-12-19(42-4)14-22-20(16)8-9-23(37)27(22)32(40)45-24-13-18-10-11-35(26-15-43-34(41)46-26)25(48-35)7-5-6-21(18)31(24)47-33-28(36-3)30(39)29(38)17(2)44-33/h6,8-9,12-14,17,24-26,28-31,33,36-39H,15H2,1-4H3/b21-6+/t17?,24-,25-,26-,28+,29+,30?,31-,33-,35+/m1/s1. The molecule has 3 fully saturated rings. The third-order valence-electron chi connectivity index (χ3n) is 9.23. The maximum absolute atomic E-state index is 14.0. The number of carbonyl (C=O) groups is 2. The Morgan fingerprint density at radius 3 is 2.71 bits per heavy atom. The third kappa shape index (κ3) is 5.35. The number of nitrogens with one attached hydrogen (secondary N) is 1. The number of aliphatic hydroxyl groups is 2.